The van der Waals surface area contributed by atoms with E-state index in [0.29, 0.717) is 13.1 Å². The number of imide groups is 1. The van der Waals surface area contributed by atoms with Crippen LogP contribution in [0.25, 0.3) is 0 Å². The molecule has 0 bridgehead atoms. The van der Waals surface area contributed by atoms with Crippen molar-refractivity contribution in [3.05, 3.63) is 35.6 Å². The summed E-state index contributed by atoms with van der Waals surface area (Å²) in [5.74, 6) is -0.321. The second-order valence-corrected chi connectivity index (χ2v) is 5.18. The van der Waals surface area contributed by atoms with Crippen molar-refractivity contribution in [2.45, 2.75) is 19.3 Å². The number of nitrogens with zero attached hydrogens (tertiary/aromatic N) is 1. The van der Waals surface area contributed by atoms with E-state index in [9.17, 15) is 14.0 Å². The van der Waals surface area contributed by atoms with E-state index >= 15 is 0 Å². The van der Waals surface area contributed by atoms with E-state index in [2.05, 4.69) is 10.6 Å². The largest absolute Gasteiger partial charge is 0.338 e. The van der Waals surface area contributed by atoms with Gasteiger partial charge in [0.2, 0.25) is 5.91 Å². The van der Waals surface area contributed by atoms with Gasteiger partial charge in [0.25, 0.3) is 0 Å². The van der Waals surface area contributed by atoms with Gasteiger partial charge in [-0.25, -0.2) is 9.18 Å². The van der Waals surface area contributed by atoms with Crippen LogP contribution < -0.4 is 10.6 Å². The standard InChI is InChI=1S/C15H20FN3O2/c1-2-17-15(21)18-14(20)10-19-7-6-12(9-19)11-4-3-5-13(16)8-11/h3-5,8,12H,2,6-7,9-10H2,1H3,(H2,17,18,20,21)/t12-/m0/s1. The highest BCUT2D eigenvalue weighted by Crippen LogP contribution is 2.27. The Morgan fingerprint density at radius 2 is 2.24 bits per heavy atom. The van der Waals surface area contributed by atoms with Crippen molar-refractivity contribution in [2.75, 3.05) is 26.2 Å². The first kappa shape index (κ1) is 15.4. The van der Waals surface area contributed by atoms with Crippen LogP contribution in [-0.2, 0) is 4.79 Å². The van der Waals surface area contributed by atoms with Gasteiger partial charge in [-0.05, 0) is 43.5 Å². The van der Waals surface area contributed by atoms with Gasteiger partial charge in [0, 0.05) is 13.1 Å². The number of carbonyl (C=O) groups is 2. The molecule has 2 N–H and O–H groups in total. The van der Waals surface area contributed by atoms with Gasteiger partial charge >= 0.3 is 6.03 Å². The molecule has 0 unspecified atom stereocenters. The van der Waals surface area contributed by atoms with Gasteiger partial charge in [-0.15, -0.1) is 0 Å². The zero-order valence-corrected chi connectivity index (χ0v) is 12.1. The second-order valence-electron chi connectivity index (χ2n) is 5.18. The van der Waals surface area contributed by atoms with Gasteiger partial charge in [0.1, 0.15) is 5.82 Å². The number of nitrogens with one attached hydrogen (secondary N) is 2. The lowest BCUT2D eigenvalue weighted by Crippen LogP contribution is -2.44. The van der Waals surface area contributed by atoms with Crippen molar-refractivity contribution in [3.8, 4) is 0 Å². The van der Waals surface area contributed by atoms with E-state index < -0.39 is 6.03 Å². The molecule has 1 atom stereocenters. The predicted octanol–water partition coefficient (Wildman–Crippen LogP) is 1.46. The smallest absolute Gasteiger partial charge is 0.321 e. The number of carbonyl (C=O) groups excluding carboxylic acids is 2. The molecule has 5 nitrogen and oxygen atoms in total. The zero-order chi connectivity index (χ0) is 15.2. The lowest BCUT2D eigenvalue weighted by Gasteiger charge is -2.15. The van der Waals surface area contributed by atoms with Gasteiger partial charge < -0.3 is 5.32 Å². The predicted molar refractivity (Wildman–Crippen MR) is 77.4 cm³/mol. The van der Waals surface area contributed by atoms with E-state index in [1.165, 1.54) is 6.07 Å². The first-order chi connectivity index (χ1) is 10.1. The van der Waals surface area contributed by atoms with Crippen LogP contribution >= 0.6 is 0 Å². The summed E-state index contributed by atoms with van der Waals surface area (Å²) in [6.07, 6.45) is 0.887. The Kier molecular flexibility index (Phi) is 5.27. The van der Waals surface area contributed by atoms with E-state index in [1.54, 1.807) is 19.1 Å². The van der Waals surface area contributed by atoms with Crippen LogP contribution in [0.2, 0.25) is 0 Å². The molecular weight excluding hydrogens is 273 g/mol. The maximum absolute atomic E-state index is 13.2. The number of likely N-dealkylation sites (tertiary alicyclic amines) is 1. The molecule has 2 rings (SSSR count). The van der Waals surface area contributed by atoms with Crippen LogP contribution in [-0.4, -0.2) is 43.0 Å². The molecule has 0 radical (unpaired) electrons. The minimum Gasteiger partial charge on any atom is -0.338 e. The third-order valence-electron chi connectivity index (χ3n) is 3.55. The van der Waals surface area contributed by atoms with Gasteiger partial charge in [-0.3, -0.25) is 15.0 Å². The van der Waals surface area contributed by atoms with Crippen LogP contribution in [0.5, 0.6) is 0 Å². The highest BCUT2D eigenvalue weighted by molar-refractivity contribution is 5.95. The molecule has 0 aliphatic carbocycles. The molecule has 0 spiro atoms. The van der Waals surface area contributed by atoms with Crippen molar-refractivity contribution >= 4 is 11.9 Å². The van der Waals surface area contributed by atoms with Crippen molar-refractivity contribution in [1.29, 1.82) is 0 Å². The fourth-order valence-electron chi connectivity index (χ4n) is 2.58. The van der Waals surface area contributed by atoms with E-state index in [0.717, 1.165) is 18.5 Å². The SMILES string of the molecule is CCNC(=O)NC(=O)CN1CC[C@H](c2cccc(F)c2)C1. The van der Waals surface area contributed by atoms with Crippen molar-refractivity contribution in [3.63, 3.8) is 0 Å². The summed E-state index contributed by atoms with van der Waals surface area (Å²) in [6, 6.07) is 6.11. The zero-order valence-electron chi connectivity index (χ0n) is 12.1. The number of rotatable bonds is 4. The molecular formula is C15H20FN3O2. The number of urea groups is 1. The van der Waals surface area contributed by atoms with Crippen LogP contribution in [0.4, 0.5) is 9.18 Å². The number of hydrogen-bond acceptors (Lipinski definition) is 3. The lowest BCUT2D eigenvalue weighted by atomic mass is 9.98. The molecule has 1 aliphatic heterocycles. The average Bonchev–Trinajstić information content (AvgIpc) is 2.87. The molecule has 1 heterocycles. The molecule has 0 aromatic heterocycles. The van der Waals surface area contributed by atoms with Gasteiger partial charge in [0.15, 0.2) is 0 Å². The number of benzene rings is 1. The maximum Gasteiger partial charge on any atom is 0.321 e. The summed E-state index contributed by atoms with van der Waals surface area (Å²) in [5, 5.41) is 4.79. The van der Waals surface area contributed by atoms with Crippen LogP contribution in [0.15, 0.2) is 24.3 Å². The molecule has 3 amide bonds. The van der Waals surface area contributed by atoms with Crippen LogP contribution in [0.1, 0.15) is 24.8 Å². The quantitative estimate of drug-likeness (QED) is 0.883. The van der Waals surface area contributed by atoms with Gasteiger partial charge in [-0.2, -0.15) is 0 Å². The average molecular weight is 293 g/mol. The van der Waals surface area contributed by atoms with Crippen molar-refractivity contribution in [2.24, 2.45) is 0 Å². The van der Waals surface area contributed by atoms with Crippen LogP contribution in [0, 0.1) is 5.82 Å². The first-order valence-electron chi connectivity index (χ1n) is 7.14. The second kappa shape index (κ2) is 7.17. The summed E-state index contributed by atoms with van der Waals surface area (Å²) in [7, 11) is 0. The molecule has 1 aromatic rings. The van der Waals surface area contributed by atoms with E-state index in [4.69, 9.17) is 0 Å². The normalized spacial score (nSPS) is 18.5. The molecule has 6 heteroatoms. The summed E-state index contributed by atoms with van der Waals surface area (Å²) in [6.45, 7) is 3.91. The monoisotopic (exact) mass is 293 g/mol. The molecule has 114 valence electrons. The number of amides is 3. The minimum atomic E-state index is -0.469. The lowest BCUT2D eigenvalue weighted by molar-refractivity contribution is -0.120. The van der Waals surface area contributed by atoms with Gasteiger partial charge in [-0.1, -0.05) is 12.1 Å². The minimum absolute atomic E-state index is 0.183. The number of hydrogen-bond donors (Lipinski definition) is 2. The topological polar surface area (TPSA) is 61.4 Å². The van der Waals surface area contributed by atoms with Crippen LogP contribution in [0.3, 0.4) is 0 Å². The van der Waals surface area contributed by atoms with Gasteiger partial charge in [0.05, 0.1) is 6.54 Å². The summed E-state index contributed by atoms with van der Waals surface area (Å²) in [4.78, 5) is 24.9. The molecule has 1 aliphatic rings. The molecule has 0 saturated carbocycles. The fraction of sp³-hybridized carbons (Fsp3) is 0.467. The Morgan fingerprint density at radius 1 is 1.43 bits per heavy atom. The fourth-order valence-corrected chi connectivity index (χ4v) is 2.58. The Morgan fingerprint density at radius 3 is 2.95 bits per heavy atom. The van der Waals surface area contributed by atoms with E-state index in [-0.39, 0.29) is 24.2 Å². The molecule has 1 saturated heterocycles. The maximum atomic E-state index is 13.2. The molecule has 1 fully saturated rings. The Hall–Kier alpha value is -1.95. The highest BCUT2D eigenvalue weighted by Gasteiger charge is 2.25. The van der Waals surface area contributed by atoms with Crippen molar-refractivity contribution in [1.82, 2.24) is 15.5 Å². The summed E-state index contributed by atoms with van der Waals surface area (Å²) >= 11 is 0. The summed E-state index contributed by atoms with van der Waals surface area (Å²) < 4.78 is 13.2. The third kappa shape index (κ3) is 4.53. The summed E-state index contributed by atoms with van der Waals surface area (Å²) in [5.41, 5.74) is 0.960. The molecule has 1 aromatic carbocycles. The Bertz CT molecular complexity index is 521. The Labute approximate surface area is 123 Å². The molecule has 21 heavy (non-hydrogen) atoms. The van der Waals surface area contributed by atoms with Crippen molar-refractivity contribution < 1.29 is 14.0 Å². The first-order valence-corrected chi connectivity index (χ1v) is 7.14. The van der Waals surface area contributed by atoms with E-state index in [1.807, 2.05) is 11.0 Å². The Balaban J connectivity index is 1.82. The number of halogens is 1. The third-order valence-corrected chi connectivity index (χ3v) is 3.55. The highest BCUT2D eigenvalue weighted by atomic mass is 19.1.